The van der Waals surface area contributed by atoms with Gasteiger partial charge in [-0.25, -0.2) is 8.42 Å². The Morgan fingerprint density at radius 2 is 1.42 bits per heavy atom. The van der Waals surface area contributed by atoms with E-state index < -0.39 is 40.6 Å². The van der Waals surface area contributed by atoms with Crippen molar-refractivity contribution in [2.75, 3.05) is 40.3 Å². The Balaban J connectivity index is 5.25. The van der Waals surface area contributed by atoms with E-state index in [2.05, 4.69) is 0 Å². The van der Waals surface area contributed by atoms with Gasteiger partial charge in [0.1, 0.15) is 0 Å². The number of sulfonamides is 1. The lowest BCUT2D eigenvalue weighted by atomic mass is 10.2. The number of alkyl halides is 6. The Kier molecular flexibility index (Phi) is 7.20. The predicted octanol–water partition coefficient (Wildman–Crippen LogP) is 3.01. The minimum atomic E-state index is -6.02. The van der Waals surface area contributed by atoms with Gasteiger partial charge in [-0.3, -0.25) is 0 Å². The van der Waals surface area contributed by atoms with Crippen molar-refractivity contribution < 1.29 is 39.2 Å². The molecule has 0 aliphatic carbocycles. The molecule has 0 unspecified atom stereocenters. The number of halogens is 6. The van der Waals surface area contributed by atoms with Gasteiger partial charge in [0.15, 0.2) is 0 Å². The molecule has 146 valence electrons. The third-order valence-corrected chi connectivity index (χ3v) is 6.26. The highest BCUT2D eigenvalue weighted by Crippen LogP contribution is 2.48. The van der Waals surface area contributed by atoms with E-state index in [4.69, 9.17) is 0 Å². The van der Waals surface area contributed by atoms with E-state index in [9.17, 15) is 34.8 Å². The van der Waals surface area contributed by atoms with Gasteiger partial charge in [-0.2, -0.15) is 30.6 Å². The highest BCUT2D eigenvalue weighted by molar-refractivity contribution is 7.90. The van der Waals surface area contributed by atoms with E-state index in [0.717, 1.165) is 0 Å². The Morgan fingerprint density at radius 1 is 1.00 bits per heavy atom. The van der Waals surface area contributed by atoms with Crippen LogP contribution in [0.1, 0.15) is 27.2 Å². The Labute approximate surface area is 139 Å². The second-order valence-electron chi connectivity index (χ2n) is 6.14. The lowest BCUT2D eigenvalue weighted by molar-refractivity contribution is -0.906. The molecule has 0 amide bonds. The van der Waals surface area contributed by atoms with Crippen LogP contribution in [0.25, 0.3) is 0 Å². The van der Waals surface area contributed by atoms with Crippen molar-refractivity contribution in [2.24, 2.45) is 0 Å². The summed E-state index contributed by atoms with van der Waals surface area (Å²) in [6.07, 6.45) is 0.123. The molecule has 0 rings (SSSR count). The summed E-state index contributed by atoms with van der Waals surface area (Å²) in [6, 6.07) is 0. The third-order valence-electron chi connectivity index (χ3n) is 4.35. The zero-order valence-corrected chi connectivity index (χ0v) is 15.2. The van der Waals surface area contributed by atoms with Gasteiger partial charge in [0.2, 0.25) is 0 Å². The first-order valence-electron chi connectivity index (χ1n) is 7.43. The van der Waals surface area contributed by atoms with Crippen LogP contribution in [0.5, 0.6) is 0 Å². The quantitative estimate of drug-likeness (QED) is 0.427. The van der Waals surface area contributed by atoms with Gasteiger partial charge in [-0.15, -0.1) is 0 Å². The summed E-state index contributed by atoms with van der Waals surface area (Å²) in [6.45, 7) is 4.72. The Morgan fingerprint density at radius 3 is 1.75 bits per heavy atom. The van der Waals surface area contributed by atoms with Gasteiger partial charge in [0.25, 0.3) is 10.0 Å². The molecule has 0 N–H and O–H groups in total. The van der Waals surface area contributed by atoms with Crippen LogP contribution in [-0.2, 0) is 10.0 Å². The number of hydrogen-bond donors (Lipinski definition) is 0. The minimum Gasteiger partial charge on any atom is -0.326 e. The summed E-state index contributed by atoms with van der Waals surface area (Å²) in [5, 5.41) is -5.92. The van der Waals surface area contributed by atoms with Gasteiger partial charge in [0.05, 0.1) is 26.7 Å². The lowest BCUT2D eigenvalue weighted by Gasteiger charge is -2.34. The monoisotopic (exact) mass is 387 g/mol. The number of quaternary nitrogens is 1. The van der Waals surface area contributed by atoms with Gasteiger partial charge in [0, 0.05) is 26.9 Å². The van der Waals surface area contributed by atoms with Crippen molar-refractivity contribution in [3.05, 3.63) is 0 Å². The standard InChI is InChI=1S/C13H25F6N2O2S/c1-6-21(5,7-2)10-8-9-20(4)24(22,23)13(18,19)12(16,17)11(3,14)15/h6-10H2,1-5H3/q+1. The highest BCUT2D eigenvalue weighted by atomic mass is 32.2. The lowest BCUT2D eigenvalue weighted by Crippen LogP contribution is -2.59. The first kappa shape index (κ1) is 23.4. The maximum atomic E-state index is 13.7. The van der Waals surface area contributed by atoms with Crippen molar-refractivity contribution in [3.63, 3.8) is 0 Å². The summed E-state index contributed by atoms with van der Waals surface area (Å²) >= 11 is 0. The fraction of sp³-hybridized carbons (Fsp3) is 1.00. The fourth-order valence-electron chi connectivity index (χ4n) is 1.95. The molecule has 0 aromatic carbocycles. The predicted molar refractivity (Wildman–Crippen MR) is 78.8 cm³/mol. The maximum absolute atomic E-state index is 13.7. The van der Waals surface area contributed by atoms with Crippen molar-refractivity contribution in [1.82, 2.24) is 4.31 Å². The maximum Gasteiger partial charge on any atom is 0.427 e. The second kappa shape index (κ2) is 7.36. The third kappa shape index (κ3) is 4.34. The molecule has 0 aromatic rings. The molecular weight excluding hydrogens is 362 g/mol. The molecule has 0 aliphatic heterocycles. The van der Waals surface area contributed by atoms with Crippen molar-refractivity contribution in [1.29, 1.82) is 0 Å². The van der Waals surface area contributed by atoms with Gasteiger partial charge in [-0.1, -0.05) is 0 Å². The molecule has 0 saturated carbocycles. The number of hydrogen-bond acceptors (Lipinski definition) is 2. The van der Waals surface area contributed by atoms with Crippen LogP contribution in [-0.4, -0.2) is 74.6 Å². The smallest absolute Gasteiger partial charge is 0.326 e. The molecule has 0 atom stereocenters. The van der Waals surface area contributed by atoms with E-state index in [0.29, 0.717) is 31.2 Å². The number of rotatable bonds is 10. The van der Waals surface area contributed by atoms with Gasteiger partial charge < -0.3 is 4.48 Å². The molecular formula is C13H25F6N2O2S+. The summed E-state index contributed by atoms with van der Waals surface area (Å²) in [4.78, 5) is 0. The molecule has 0 saturated heterocycles. The van der Waals surface area contributed by atoms with Crippen molar-refractivity contribution in [3.8, 4) is 0 Å². The molecule has 0 fully saturated rings. The average molecular weight is 387 g/mol. The first-order chi connectivity index (χ1) is 10.5. The van der Waals surface area contributed by atoms with E-state index in [-0.39, 0.29) is 10.7 Å². The van der Waals surface area contributed by atoms with E-state index >= 15 is 0 Å². The molecule has 0 aliphatic rings. The summed E-state index contributed by atoms with van der Waals surface area (Å²) in [7, 11) is -3.40. The molecule has 24 heavy (non-hydrogen) atoms. The normalized spacial score (nSPS) is 15.2. The van der Waals surface area contributed by atoms with Crippen LogP contribution in [0.15, 0.2) is 0 Å². The SMILES string of the molecule is CC[N+](C)(CC)CCCN(C)S(=O)(=O)C(F)(F)C(F)(F)C(C)(F)F. The van der Waals surface area contributed by atoms with Gasteiger partial charge >= 0.3 is 17.1 Å². The first-order valence-corrected chi connectivity index (χ1v) is 8.87. The van der Waals surface area contributed by atoms with Crippen LogP contribution < -0.4 is 0 Å². The van der Waals surface area contributed by atoms with Crippen molar-refractivity contribution in [2.45, 2.75) is 44.3 Å². The molecule has 4 nitrogen and oxygen atoms in total. The largest absolute Gasteiger partial charge is 0.427 e. The van der Waals surface area contributed by atoms with Crippen molar-refractivity contribution >= 4 is 10.0 Å². The minimum absolute atomic E-state index is 0.0162. The molecule has 0 radical (unpaired) electrons. The van der Waals surface area contributed by atoms with Crippen LogP contribution in [0, 0.1) is 0 Å². The highest BCUT2D eigenvalue weighted by Gasteiger charge is 2.76. The summed E-state index contributed by atoms with van der Waals surface area (Å²) in [5.41, 5.74) is 0. The van der Waals surface area contributed by atoms with Crippen LogP contribution in [0.2, 0.25) is 0 Å². The molecule has 11 heteroatoms. The molecule has 0 heterocycles. The topological polar surface area (TPSA) is 37.4 Å². The summed E-state index contributed by atoms with van der Waals surface area (Å²) in [5.74, 6) is -11.2. The van der Waals surface area contributed by atoms with Gasteiger partial charge in [-0.05, 0) is 13.8 Å². The van der Waals surface area contributed by atoms with E-state index in [1.54, 1.807) is 0 Å². The van der Waals surface area contributed by atoms with Crippen LogP contribution in [0.4, 0.5) is 26.3 Å². The Hall–Kier alpha value is -0.550. The molecule has 0 bridgehead atoms. The van der Waals surface area contributed by atoms with Crippen LogP contribution >= 0.6 is 0 Å². The average Bonchev–Trinajstić information content (AvgIpc) is 2.45. The Bertz CT molecular complexity index is 515. The number of nitrogens with zero attached hydrogens (tertiary/aromatic N) is 2. The fourth-order valence-corrected chi connectivity index (χ4v) is 3.21. The second-order valence-corrected chi connectivity index (χ2v) is 8.22. The van der Waals surface area contributed by atoms with E-state index in [1.165, 1.54) is 0 Å². The zero-order valence-electron chi connectivity index (χ0n) is 14.4. The van der Waals surface area contributed by atoms with Crippen LogP contribution in [0.3, 0.4) is 0 Å². The van der Waals surface area contributed by atoms with E-state index in [1.807, 2.05) is 20.9 Å². The summed E-state index contributed by atoms with van der Waals surface area (Å²) < 4.78 is 103. The zero-order chi connectivity index (χ0) is 19.6. The molecule has 0 aromatic heterocycles. The molecule has 0 spiro atoms.